The van der Waals surface area contributed by atoms with Crippen LogP contribution in [0.15, 0.2) is 17.0 Å². The molecule has 2 rings (SSSR count). The molecular weight excluding hydrogens is 362 g/mol. The Labute approximate surface area is 164 Å². The van der Waals surface area contributed by atoms with Crippen LogP contribution in [0, 0.1) is 20.8 Å². The molecule has 152 valence electrons. The molecule has 6 nitrogen and oxygen atoms in total. The molecule has 0 saturated carbocycles. The lowest BCUT2D eigenvalue weighted by atomic mass is 10.1. The Balaban J connectivity index is 2.10. The van der Waals surface area contributed by atoms with Crippen molar-refractivity contribution in [1.29, 1.82) is 0 Å². The van der Waals surface area contributed by atoms with Crippen molar-refractivity contribution in [3.8, 4) is 0 Å². The molecule has 0 bridgehead atoms. The fraction of sp³-hybridized carbons (Fsp3) is 0.650. The molecule has 2 N–H and O–H groups in total. The first-order chi connectivity index (χ1) is 12.3. The van der Waals surface area contributed by atoms with Gasteiger partial charge in [0, 0.05) is 5.54 Å². The van der Waals surface area contributed by atoms with E-state index in [4.69, 9.17) is 0 Å². The normalized spacial score (nSPS) is 18.3. The summed E-state index contributed by atoms with van der Waals surface area (Å²) < 4.78 is 27.9. The largest absolute Gasteiger partial charge is 0.346 e. The van der Waals surface area contributed by atoms with E-state index < -0.39 is 10.0 Å². The fourth-order valence-corrected chi connectivity index (χ4v) is 5.67. The molecule has 0 radical (unpaired) electrons. The van der Waals surface area contributed by atoms with E-state index in [9.17, 15) is 13.2 Å². The molecule has 0 aliphatic carbocycles. The van der Waals surface area contributed by atoms with Gasteiger partial charge in [-0.2, -0.15) is 4.31 Å². The van der Waals surface area contributed by atoms with Crippen molar-refractivity contribution in [2.75, 3.05) is 26.2 Å². The number of quaternary nitrogens is 1. The van der Waals surface area contributed by atoms with E-state index >= 15 is 0 Å². The standard InChI is InChI=1S/C20H33N3O3S/c1-14-12-15(2)18(16(3)13-14)27(25,26)23-10-8-22(9-11-23)17(4)19(24)21-20(5,6)7/h12-13,17H,8-11H2,1-7H3,(H,21,24)/p+1/t17-/m1/s1. The Morgan fingerprint density at radius 1 is 1.11 bits per heavy atom. The van der Waals surface area contributed by atoms with E-state index in [1.54, 1.807) is 4.31 Å². The summed E-state index contributed by atoms with van der Waals surface area (Å²) in [6.07, 6.45) is 0. The summed E-state index contributed by atoms with van der Waals surface area (Å²) in [6.45, 7) is 15.6. The predicted molar refractivity (Wildman–Crippen MR) is 107 cm³/mol. The number of rotatable bonds is 4. The van der Waals surface area contributed by atoms with Gasteiger partial charge in [0.2, 0.25) is 10.0 Å². The zero-order valence-electron chi connectivity index (χ0n) is 17.6. The highest BCUT2D eigenvalue weighted by Crippen LogP contribution is 2.25. The summed E-state index contributed by atoms with van der Waals surface area (Å²) in [7, 11) is -3.52. The smallest absolute Gasteiger partial charge is 0.278 e. The van der Waals surface area contributed by atoms with Crippen molar-refractivity contribution in [3.05, 3.63) is 28.8 Å². The van der Waals surface area contributed by atoms with E-state index in [0.29, 0.717) is 31.1 Å². The minimum Gasteiger partial charge on any atom is -0.346 e. The topological polar surface area (TPSA) is 70.9 Å². The van der Waals surface area contributed by atoms with Crippen molar-refractivity contribution in [2.45, 2.75) is 64.9 Å². The first-order valence-electron chi connectivity index (χ1n) is 9.57. The van der Waals surface area contributed by atoms with Crippen LogP contribution in [0.4, 0.5) is 0 Å². The molecule has 1 saturated heterocycles. The first-order valence-corrected chi connectivity index (χ1v) is 11.0. The SMILES string of the molecule is Cc1cc(C)c(S(=O)(=O)N2CC[NH+]([C@H](C)C(=O)NC(C)(C)C)CC2)c(C)c1. The Bertz CT molecular complexity index is 781. The zero-order chi connectivity index (χ0) is 20.6. The van der Waals surface area contributed by atoms with Gasteiger partial charge in [-0.15, -0.1) is 0 Å². The Morgan fingerprint density at radius 2 is 1.59 bits per heavy atom. The number of amides is 1. The maximum absolute atomic E-state index is 13.2. The van der Waals surface area contributed by atoms with Gasteiger partial charge in [-0.3, -0.25) is 4.79 Å². The third kappa shape index (κ3) is 5.09. The van der Waals surface area contributed by atoms with Crippen LogP contribution in [-0.2, 0) is 14.8 Å². The Kier molecular flexibility index (Phi) is 6.39. The number of hydrogen-bond acceptors (Lipinski definition) is 3. The number of carbonyl (C=O) groups is 1. The third-order valence-corrected chi connectivity index (χ3v) is 7.28. The van der Waals surface area contributed by atoms with Crippen LogP contribution in [-0.4, -0.2) is 56.4 Å². The minimum absolute atomic E-state index is 0.0130. The number of sulfonamides is 1. The second-order valence-corrected chi connectivity index (χ2v) is 10.6. The number of hydrogen-bond donors (Lipinski definition) is 2. The van der Waals surface area contributed by atoms with Gasteiger partial charge in [-0.1, -0.05) is 17.7 Å². The molecule has 1 aliphatic rings. The van der Waals surface area contributed by atoms with Crippen LogP contribution in [0.3, 0.4) is 0 Å². The monoisotopic (exact) mass is 396 g/mol. The van der Waals surface area contributed by atoms with Gasteiger partial charge in [0.1, 0.15) is 0 Å². The maximum atomic E-state index is 13.2. The molecule has 0 spiro atoms. The van der Waals surface area contributed by atoms with Crippen LogP contribution in [0.25, 0.3) is 0 Å². The highest BCUT2D eigenvalue weighted by molar-refractivity contribution is 7.89. The van der Waals surface area contributed by atoms with E-state index in [-0.39, 0.29) is 17.5 Å². The van der Waals surface area contributed by atoms with Crippen molar-refractivity contribution in [2.24, 2.45) is 0 Å². The summed E-state index contributed by atoms with van der Waals surface area (Å²) in [4.78, 5) is 14.0. The quantitative estimate of drug-likeness (QED) is 0.791. The Hall–Kier alpha value is -1.44. The lowest BCUT2D eigenvalue weighted by molar-refractivity contribution is -0.917. The average molecular weight is 397 g/mol. The number of aryl methyl sites for hydroxylation is 3. The summed E-state index contributed by atoms with van der Waals surface area (Å²) in [5, 5.41) is 3.01. The van der Waals surface area contributed by atoms with E-state index in [1.165, 1.54) is 0 Å². The number of carbonyl (C=O) groups excluding carboxylic acids is 1. The van der Waals surface area contributed by atoms with E-state index in [1.807, 2.05) is 60.6 Å². The van der Waals surface area contributed by atoms with Gasteiger partial charge in [-0.25, -0.2) is 8.42 Å². The second kappa shape index (κ2) is 7.89. The Morgan fingerprint density at radius 3 is 2.04 bits per heavy atom. The van der Waals surface area contributed by atoms with Crippen LogP contribution in [0.5, 0.6) is 0 Å². The molecule has 1 atom stereocenters. The molecule has 27 heavy (non-hydrogen) atoms. The molecule has 1 aliphatic heterocycles. The van der Waals surface area contributed by atoms with Gasteiger partial charge in [0.15, 0.2) is 6.04 Å². The average Bonchev–Trinajstić information content (AvgIpc) is 2.51. The van der Waals surface area contributed by atoms with Gasteiger partial charge in [-0.05, 0) is 59.6 Å². The van der Waals surface area contributed by atoms with Crippen LogP contribution < -0.4 is 10.2 Å². The number of piperazine rings is 1. The van der Waals surface area contributed by atoms with E-state index in [2.05, 4.69) is 5.32 Å². The summed E-state index contributed by atoms with van der Waals surface area (Å²) >= 11 is 0. The molecule has 0 unspecified atom stereocenters. The van der Waals surface area contributed by atoms with Gasteiger partial charge < -0.3 is 10.2 Å². The fourth-order valence-electron chi connectivity index (χ4n) is 3.81. The van der Waals surface area contributed by atoms with Crippen LogP contribution in [0.1, 0.15) is 44.4 Å². The second-order valence-electron chi connectivity index (χ2n) is 8.75. The van der Waals surface area contributed by atoms with Gasteiger partial charge in [0.05, 0.1) is 31.1 Å². The van der Waals surface area contributed by atoms with Gasteiger partial charge >= 0.3 is 0 Å². The molecular formula is C20H34N3O3S+. The molecule has 1 heterocycles. The van der Waals surface area contributed by atoms with Crippen molar-refractivity contribution < 1.29 is 18.1 Å². The number of nitrogens with zero attached hydrogens (tertiary/aromatic N) is 1. The zero-order valence-corrected chi connectivity index (χ0v) is 18.5. The molecule has 1 fully saturated rings. The predicted octanol–water partition coefficient (Wildman–Crippen LogP) is 0.804. The molecule has 0 aromatic heterocycles. The van der Waals surface area contributed by atoms with Crippen molar-refractivity contribution >= 4 is 15.9 Å². The highest BCUT2D eigenvalue weighted by atomic mass is 32.2. The van der Waals surface area contributed by atoms with Crippen LogP contribution in [0.2, 0.25) is 0 Å². The molecule has 1 aromatic rings. The number of benzene rings is 1. The lowest BCUT2D eigenvalue weighted by Crippen LogP contribution is -3.19. The summed E-state index contributed by atoms with van der Waals surface area (Å²) in [6, 6.07) is 3.64. The third-order valence-electron chi connectivity index (χ3n) is 5.07. The molecule has 1 aromatic carbocycles. The lowest BCUT2D eigenvalue weighted by Gasteiger charge is -2.35. The van der Waals surface area contributed by atoms with Crippen molar-refractivity contribution in [3.63, 3.8) is 0 Å². The van der Waals surface area contributed by atoms with Crippen LogP contribution >= 0.6 is 0 Å². The highest BCUT2D eigenvalue weighted by Gasteiger charge is 2.36. The molecule has 7 heteroatoms. The first kappa shape index (κ1) is 21.9. The summed E-state index contributed by atoms with van der Waals surface area (Å²) in [5.41, 5.74) is 2.38. The maximum Gasteiger partial charge on any atom is 0.278 e. The van der Waals surface area contributed by atoms with E-state index in [0.717, 1.165) is 21.6 Å². The van der Waals surface area contributed by atoms with Crippen molar-refractivity contribution in [1.82, 2.24) is 9.62 Å². The number of nitrogens with one attached hydrogen (secondary N) is 2. The minimum atomic E-state index is -3.52. The molecule has 1 amide bonds. The summed E-state index contributed by atoms with van der Waals surface area (Å²) in [5.74, 6) is 0.0130. The van der Waals surface area contributed by atoms with Gasteiger partial charge in [0.25, 0.3) is 5.91 Å².